The fourth-order valence-electron chi connectivity index (χ4n) is 1.44. The first-order valence-electron chi connectivity index (χ1n) is 5.47. The first kappa shape index (κ1) is 11.1. The molecule has 1 fully saturated rings. The molecule has 1 heterocycles. The standard InChI is InChI=1S/C11H16N2O3/c1-7-11(8(2)16-13-7)12-10(14)6-15-5-9-3-4-9/h9H,3-6H2,1-2H3,(H,12,14). The van der Waals surface area contributed by atoms with E-state index in [1.807, 2.05) is 0 Å². The lowest BCUT2D eigenvalue weighted by molar-refractivity contribution is -0.120. The Morgan fingerprint density at radius 3 is 2.88 bits per heavy atom. The molecule has 16 heavy (non-hydrogen) atoms. The molecule has 0 radical (unpaired) electrons. The van der Waals surface area contributed by atoms with Gasteiger partial charge in [-0.3, -0.25) is 4.79 Å². The molecular weight excluding hydrogens is 208 g/mol. The third-order valence-electron chi connectivity index (χ3n) is 2.58. The lowest BCUT2D eigenvalue weighted by atomic mass is 10.3. The predicted octanol–water partition coefficient (Wildman–Crippen LogP) is 1.66. The van der Waals surface area contributed by atoms with Crippen LogP contribution in [0.25, 0.3) is 0 Å². The SMILES string of the molecule is Cc1noc(C)c1NC(=O)COCC1CC1. The van der Waals surface area contributed by atoms with Gasteiger partial charge in [-0.15, -0.1) is 0 Å². The highest BCUT2D eigenvalue weighted by molar-refractivity contribution is 5.92. The number of amides is 1. The summed E-state index contributed by atoms with van der Waals surface area (Å²) in [4.78, 5) is 11.5. The number of carbonyl (C=O) groups excluding carboxylic acids is 1. The van der Waals surface area contributed by atoms with Gasteiger partial charge in [0.2, 0.25) is 0 Å². The van der Waals surface area contributed by atoms with Gasteiger partial charge in [0.1, 0.15) is 18.0 Å². The Balaban J connectivity index is 1.77. The maximum atomic E-state index is 11.5. The van der Waals surface area contributed by atoms with Crippen LogP contribution in [0, 0.1) is 19.8 Å². The van der Waals surface area contributed by atoms with Gasteiger partial charge in [-0.1, -0.05) is 5.16 Å². The Bertz CT molecular complexity index is 363. The zero-order valence-electron chi connectivity index (χ0n) is 9.58. The van der Waals surface area contributed by atoms with Gasteiger partial charge < -0.3 is 14.6 Å². The van der Waals surface area contributed by atoms with E-state index in [4.69, 9.17) is 9.26 Å². The number of aryl methyl sites for hydroxylation is 2. The molecule has 1 aliphatic carbocycles. The molecule has 88 valence electrons. The van der Waals surface area contributed by atoms with Crippen LogP contribution in [0.3, 0.4) is 0 Å². The van der Waals surface area contributed by atoms with Crippen LogP contribution in [0.4, 0.5) is 5.69 Å². The molecule has 1 aromatic rings. The van der Waals surface area contributed by atoms with E-state index in [-0.39, 0.29) is 12.5 Å². The van der Waals surface area contributed by atoms with Crippen LogP contribution in [0.15, 0.2) is 4.52 Å². The summed E-state index contributed by atoms with van der Waals surface area (Å²) in [5, 5.41) is 6.49. The quantitative estimate of drug-likeness (QED) is 0.826. The lowest BCUT2D eigenvalue weighted by Crippen LogP contribution is -2.19. The van der Waals surface area contributed by atoms with Crippen LogP contribution < -0.4 is 5.32 Å². The molecule has 1 saturated carbocycles. The monoisotopic (exact) mass is 224 g/mol. The van der Waals surface area contributed by atoms with E-state index in [9.17, 15) is 4.79 Å². The number of carbonyl (C=O) groups is 1. The van der Waals surface area contributed by atoms with E-state index in [2.05, 4.69) is 10.5 Å². The number of hydrogen-bond acceptors (Lipinski definition) is 4. The van der Waals surface area contributed by atoms with E-state index in [0.717, 1.165) is 0 Å². The number of anilines is 1. The van der Waals surface area contributed by atoms with E-state index < -0.39 is 0 Å². The highest BCUT2D eigenvalue weighted by Crippen LogP contribution is 2.28. The number of nitrogens with zero attached hydrogens (tertiary/aromatic N) is 1. The summed E-state index contributed by atoms with van der Waals surface area (Å²) < 4.78 is 10.2. The summed E-state index contributed by atoms with van der Waals surface area (Å²) in [7, 11) is 0. The van der Waals surface area contributed by atoms with Crippen molar-refractivity contribution >= 4 is 11.6 Å². The Morgan fingerprint density at radius 1 is 1.56 bits per heavy atom. The fraction of sp³-hybridized carbons (Fsp3) is 0.636. The van der Waals surface area contributed by atoms with Crippen LogP contribution in [0.1, 0.15) is 24.3 Å². The van der Waals surface area contributed by atoms with E-state index in [1.165, 1.54) is 12.8 Å². The molecule has 0 spiro atoms. The maximum Gasteiger partial charge on any atom is 0.250 e. The Hall–Kier alpha value is -1.36. The van der Waals surface area contributed by atoms with E-state index >= 15 is 0 Å². The van der Waals surface area contributed by atoms with Gasteiger partial charge in [0.15, 0.2) is 5.76 Å². The summed E-state index contributed by atoms with van der Waals surface area (Å²) in [6.07, 6.45) is 2.46. The normalized spacial score (nSPS) is 15.1. The van der Waals surface area contributed by atoms with E-state index in [1.54, 1.807) is 13.8 Å². The molecule has 0 bridgehead atoms. The van der Waals surface area contributed by atoms with Crippen molar-refractivity contribution in [3.05, 3.63) is 11.5 Å². The maximum absolute atomic E-state index is 11.5. The molecule has 5 nitrogen and oxygen atoms in total. The van der Waals surface area contributed by atoms with Gasteiger partial charge in [-0.05, 0) is 32.6 Å². The molecule has 0 unspecified atom stereocenters. The fourth-order valence-corrected chi connectivity index (χ4v) is 1.44. The molecule has 0 atom stereocenters. The zero-order chi connectivity index (χ0) is 11.5. The molecular formula is C11H16N2O3. The first-order valence-corrected chi connectivity index (χ1v) is 5.47. The van der Waals surface area contributed by atoms with Crippen molar-refractivity contribution in [3.63, 3.8) is 0 Å². The van der Waals surface area contributed by atoms with Crippen LogP contribution in [0.2, 0.25) is 0 Å². The van der Waals surface area contributed by atoms with Crippen molar-refractivity contribution in [3.8, 4) is 0 Å². The summed E-state index contributed by atoms with van der Waals surface area (Å²) in [5.41, 5.74) is 1.34. The van der Waals surface area contributed by atoms with Gasteiger partial charge in [-0.2, -0.15) is 0 Å². The molecule has 1 amide bonds. The second-order valence-electron chi connectivity index (χ2n) is 4.21. The largest absolute Gasteiger partial charge is 0.371 e. The first-order chi connectivity index (χ1) is 7.66. The molecule has 2 rings (SSSR count). The second kappa shape index (κ2) is 4.65. The molecule has 1 aromatic heterocycles. The minimum atomic E-state index is -0.157. The van der Waals surface area contributed by atoms with Gasteiger partial charge in [0.25, 0.3) is 5.91 Å². The van der Waals surface area contributed by atoms with Crippen molar-refractivity contribution in [2.24, 2.45) is 5.92 Å². The van der Waals surface area contributed by atoms with Crippen molar-refractivity contribution in [2.75, 3.05) is 18.5 Å². The number of hydrogen-bond donors (Lipinski definition) is 1. The molecule has 5 heteroatoms. The van der Waals surface area contributed by atoms with Crippen LogP contribution >= 0.6 is 0 Å². The average molecular weight is 224 g/mol. The van der Waals surface area contributed by atoms with Gasteiger partial charge in [0.05, 0.1) is 6.61 Å². The molecule has 1 aliphatic rings. The number of rotatable bonds is 5. The summed E-state index contributed by atoms with van der Waals surface area (Å²) >= 11 is 0. The molecule has 1 N–H and O–H groups in total. The highest BCUT2D eigenvalue weighted by atomic mass is 16.5. The third kappa shape index (κ3) is 2.82. The summed E-state index contributed by atoms with van der Waals surface area (Å²) in [6.45, 7) is 4.34. The third-order valence-corrected chi connectivity index (χ3v) is 2.58. The smallest absolute Gasteiger partial charge is 0.250 e. The minimum absolute atomic E-state index is 0.0978. The van der Waals surface area contributed by atoms with Crippen molar-refractivity contribution < 1.29 is 14.1 Å². The average Bonchev–Trinajstić information content (AvgIpc) is 3.01. The number of ether oxygens (including phenoxy) is 1. The Labute approximate surface area is 94.1 Å². The summed E-state index contributed by atoms with van der Waals surface area (Å²) in [6, 6.07) is 0. The molecule has 0 aromatic carbocycles. The van der Waals surface area contributed by atoms with Crippen LogP contribution in [-0.4, -0.2) is 24.3 Å². The Kier molecular flexibility index (Phi) is 3.24. The van der Waals surface area contributed by atoms with Crippen molar-refractivity contribution in [1.82, 2.24) is 5.16 Å². The summed E-state index contributed by atoms with van der Waals surface area (Å²) in [5.74, 6) is 1.13. The van der Waals surface area contributed by atoms with Gasteiger partial charge in [-0.25, -0.2) is 0 Å². The Morgan fingerprint density at radius 2 is 2.31 bits per heavy atom. The van der Waals surface area contributed by atoms with Gasteiger partial charge in [0, 0.05) is 0 Å². The lowest BCUT2D eigenvalue weighted by Gasteiger charge is -2.04. The van der Waals surface area contributed by atoms with Crippen molar-refractivity contribution in [2.45, 2.75) is 26.7 Å². The van der Waals surface area contributed by atoms with Crippen LogP contribution in [0.5, 0.6) is 0 Å². The molecule has 0 aliphatic heterocycles. The number of aromatic nitrogens is 1. The predicted molar refractivity (Wildman–Crippen MR) is 58.1 cm³/mol. The van der Waals surface area contributed by atoms with Crippen molar-refractivity contribution in [1.29, 1.82) is 0 Å². The number of nitrogens with one attached hydrogen (secondary N) is 1. The highest BCUT2D eigenvalue weighted by Gasteiger charge is 2.21. The second-order valence-corrected chi connectivity index (χ2v) is 4.21. The zero-order valence-corrected chi connectivity index (χ0v) is 9.58. The van der Waals surface area contributed by atoms with E-state index in [0.29, 0.717) is 29.7 Å². The topological polar surface area (TPSA) is 64.4 Å². The molecule has 0 saturated heterocycles. The van der Waals surface area contributed by atoms with Gasteiger partial charge >= 0.3 is 0 Å². The minimum Gasteiger partial charge on any atom is -0.371 e. The van der Waals surface area contributed by atoms with Crippen LogP contribution in [-0.2, 0) is 9.53 Å².